The van der Waals surface area contributed by atoms with E-state index in [9.17, 15) is 14.7 Å². The van der Waals surface area contributed by atoms with Gasteiger partial charge in [0.25, 0.3) is 0 Å². The molecule has 2 N–H and O–H groups in total. The molecule has 3 aromatic rings. The zero-order valence-corrected chi connectivity index (χ0v) is 21.4. The molecule has 7 heteroatoms. The molecule has 7 nitrogen and oxygen atoms in total. The van der Waals surface area contributed by atoms with Gasteiger partial charge in [0.05, 0.1) is 13.7 Å². The molecule has 37 heavy (non-hydrogen) atoms. The van der Waals surface area contributed by atoms with Gasteiger partial charge in [-0.05, 0) is 52.3 Å². The van der Waals surface area contributed by atoms with Crippen LogP contribution in [0.25, 0.3) is 11.1 Å². The molecule has 4 rings (SSSR count). The van der Waals surface area contributed by atoms with Crippen LogP contribution in [0.15, 0.2) is 66.7 Å². The molecule has 0 aliphatic heterocycles. The summed E-state index contributed by atoms with van der Waals surface area (Å²) in [4.78, 5) is 24.6. The molecule has 194 valence electrons. The minimum absolute atomic E-state index is 0.0716. The molecule has 0 saturated carbocycles. The lowest BCUT2D eigenvalue weighted by Crippen LogP contribution is -2.42. The van der Waals surface area contributed by atoms with E-state index in [1.807, 2.05) is 36.4 Å². The van der Waals surface area contributed by atoms with Crippen LogP contribution < -0.4 is 14.8 Å². The summed E-state index contributed by atoms with van der Waals surface area (Å²) >= 11 is 0. The number of carbonyl (C=O) groups is 2. The fraction of sp³-hybridized carbons (Fsp3) is 0.333. The van der Waals surface area contributed by atoms with E-state index in [-0.39, 0.29) is 18.9 Å². The third kappa shape index (κ3) is 6.23. The van der Waals surface area contributed by atoms with E-state index in [0.29, 0.717) is 29.6 Å². The molecule has 3 aromatic carbocycles. The lowest BCUT2D eigenvalue weighted by Gasteiger charge is -2.18. The Bertz CT molecular complexity index is 1210. The maximum Gasteiger partial charge on any atom is 0.407 e. The van der Waals surface area contributed by atoms with Crippen molar-refractivity contribution in [2.75, 3.05) is 20.3 Å². The van der Waals surface area contributed by atoms with Gasteiger partial charge < -0.3 is 24.6 Å². The number of benzene rings is 3. The molecule has 0 radical (unpaired) electrons. The van der Waals surface area contributed by atoms with Crippen LogP contribution in [-0.4, -0.2) is 43.5 Å². The third-order valence-corrected chi connectivity index (χ3v) is 6.55. The van der Waals surface area contributed by atoms with Crippen molar-refractivity contribution in [2.45, 2.75) is 38.6 Å². The lowest BCUT2D eigenvalue weighted by atomic mass is 9.98. The van der Waals surface area contributed by atoms with Gasteiger partial charge in [0, 0.05) is 12.3 Å². The van der Waals surface area contributed by atoms with Crippen LogP contribution in [0.4, 0.5) is 4.79 Å². The molecule has 1 amide bonds. The zero-order chi connectivity index (χ0) is 26.4. The van der Waals surface area contributed by atoms with Crippen molar-refractivity contribution >= 4 is 12.1 Å². The number of carbonyl (C=O) groups excluding carboxylic acids is 1. The van der Waals surface area contributed by atoms with Crippen LogP contribution in [0, 0.1) is 5.92 Å². The predicted octanol–water partition coefficient (Wildman–Crippen LogP) is 5.65. The van der Waals surface area contributed by atoms with Gasteiger partial charge in [-0.25, -0.2) is 9.59 Å². The molecule has 0 bridgehead atoms. The number of carboxylic acid groups (broad SMARTS) is 1. The number of hydrogen-bond acceptors (Lipinski definition) is 5. The van der Waals surface area contributed by atoms with E-state index in [1.165, 1.54) is 7.11 Å². The number of hydrogen-bond donors (Lipinski definition) is 2. The predicted molar refractivity (Wildman–Crippen MR) is 141 cm³/mol. The molecule has 1 unspecified atom stereocenters. The molecular formula is C30H33NO6. The van der Waals surface area contributed by atoms with Crippen molar-refractivity contribution in [3.63, 3.8) is 0 Å². The SMILES string of the molecule is COc1cc(CC(NC(=O)OCC2c3ccccc3-c3ccccc32)C(=O)O)ccc1OCCC(C)C. The number of ether oxygens (including phenoxy) is 3. The van der Waals surface area contributed by atoms with Crippen LogP contribution >= 0.6 is 0 Å². The molecule has 0 saturated heterocycles. The van der Waals surface area contributed by atoms with Gasteiger partial charge >= 0.3 is 12.1 Å². The highest BCUT2D eigenvalue weighted by atomic mass is 16.5. The van der Waals surface area contributed by atoms with Crippen LogP contribution in [0.1, 0.15) is 42.9 Å². The second-order valence-corrected chi connectivity index (χ2v) is 9.58. The van der Waals surface area contributed by atoms with E-state index in [0.717, 1.165) is 28.7 Å². The van der Waals surface area contributed by atoms with E-state index >= 15 is 0 Å². The van der Waals surface area contributed by atoms with E-state index in [4.69, 9.17) is 14.2 Å². The number of rotatable bonds is 11. The quantitative estimate of drug-likeness (QED) is 0.351. The maximum atomic E-state index is 12.6. The molecule has 0 aromatic heterocycles. The van der Waals surface area contributed by atoms with Crippen molar-refractivity contribution in [2.24, 2.45) is 5.92 Å². The Morgan fingerprint density at radius 3 is 2.19 bits per heavy atom. The van der Waals surface area contributed by atoms with Crippen molar-refractivity contribution in [3.05, 3.63) is 83.4 Å². The maximum absolute atomic E-state index is 12.6. The summed E-state index contributed by atoms with van der Waals surface area (Å²) in [7, 11) is 1.54. The average Bonchev–Trinajstić information content (AvgIpc) is 3.21. The van der Waals surface area contributed by atoms with Crippen LogP contribution in [0.3, 0.4) is 0 Å². The first kappa shape index (κ1) is 26.1. The van der Waals surface area contributed by atoms with Gasteiger partial charge in [-0.2, -0.15) is 0 Å². The van der Waals surface area contributed by atoms with E-state index < -0.39 is 18.1 Å². The summed E-state index contributed by atoms with van der Waals surface area (Å²) < 4.78 is 16.8. The van der Waals surface area contributed by atoms with Crippen LogP contribution in [0.2, 0.25) is 0 Å². The second kappa shape index (κ2) is 11.8. The number of aliphatic carboxylic acids is 1. The Morgan fingerprint density at radius 1 is 0.946 bits per heavy atom. The molecule has 0 spiro atoms. The highest BCUT2D eigenvalue weighted by Gasteiger charge is 2.30. The number of nitrogens with one attached hydrogen (secondary N) is 1. The minimum atomic E-state index is -1.16. The molecule has 0 heterocycles. The smallest absolute Gasteiger partial charge is 0.407 e. The number of carboxylic acids is 1. The first-order chi connectivity index (χ1) is 17.9. The molecule has 0 fully saturated rings. The van der Waals surface area contributed by atoms with Gasteiger partial charge in [-0.1, -0.05) is 68.4 Å². The van der Waals surface area contributed by atoms with E-state index in [2.05, 4.69) is 31.3 Å². The highest BCUT2D eigenvalue weighted by molar-refractivity contribution is 5.81. The van der Waals surface area contributed by atoms with Gasteiger partial charge in [-0.3, -0.25) is 0 Å². The normalized spacial score (nSPS) is 13.0. The summed E-state index contributed by atoms with van der Waals surface area (Å²) in [6, 6.07) is 20.2. The summed E-state index contributed by atoms with van der Waals surface area (Å²) in [5.41, 5.74) is 5.13. The topological polar surface area (TPSA) is 94.1 Å². The number of amides is 1. The summed E-state index contributed by atoms with van der Waals surface area (Å²) in [6.07, 6.45) is 0.216. The van der Waals surface area contributed by atoms with E-state index in [1.54, 1.807) is 18.2 Å². The summed E-state index contributed by atoms with van der Waals surface area (Å²) in [5.74, 6) is 0.388. The standard InChI is InChI=1S/C30H33NO6/c1-19(2)14-15-36-27-13-12-20(17-28(27)35-3)16-26(29(32)33)31-30(34)37-18-25-23-10-6-4-8-21(23)22-9-5-7-11-24(22)25/h4-13,17,19,25-26H,14-16,18H2,1-3H3,(H,31,34)(H,32,33). The Hall–Kier alpha value is -4.00. The van der Waals surface area contributed by atoms with Gasteiger partial charge in [0.15, 0.2) is 11.5 Å². The number of fused-ring (bicyclic) bond motifs is 3. The van der Waals surface area contributed by atoms with Crippen molar-refractivity contribution < 1.29 is 28.9 Å². The van der Waals surface area contributed by atoms with Crippen molar-refractivity contribution in [1.82, 2.24) is 5.32 Å². The monoisotopic (exact) mass is 503 g/mol. The van der Waals surface area contributed by atoms with Crippen LogP contribution in [-0.2, 0) is 16.0 Å². The van der Waals surface area contributed by atoms with Crippen molar-refractivity contribution in [1.29, 1.82) is 0 Å². The number of methoxy groups -OCH3 is 1. The average molecular weight is 504 g/mol. The van der Waals surface area contributed by atoms with Gasteiger partial charge in [0.1, 0.15) is 12.6 Å². The Morgan fingerprint density at radius 2 is 1.59 bits per heavy atom. The van der Waals surface area contributed by atoms with Crippen LogP contribution in [0.5, 0.6) is 11.5 Å². The molecule has 1 aliphatic carbocycles. The molecular weight excluding hydrogens is 470 g/mol. The summed E-state index contributed by atoms with van der Waals surface area (Å²) in [6.45, 7) is 4.93. The highest BCUT2D eigenvalue weighted by Crippen LogP contribution is 2.44. The zero-order valence-electron chi connectivity index (χ0n) is 21.4. The Kier molecular flexibility index (Phi) is 8.33. The first-order valence-electron chi connectivity index (χ1n) is 12.5. The van der Waals surface area contributed by atoms with Gasteiger partial charge in [-0.15, -0.1) is 0 Å². The van der Waals surface area contributed by atoms with Gasteiger partial charge in [0.2, 0.25) is 0 Å². The first-order valence-corrected chi connectivity index (χ1v) is 12.5. The fourth-order valence-electron chi connectivity index (χ4n) is 4.58. The Balaban J connectivity index is 1.38. The number of alkyl carbamates (subject to hydrolysis) is 1. The van der Waals surface area contributed by atoms with Crippen molar-refractivity contribution in [3.8, 4) is 22.6 Å². The molecule has 1 aliphatic rings. The Labute approximate surface area is 217 Å². The lowest BCUT2D eigenvalue weighted by molar-refractivity contribution is -0.139. The fourth-order valence-corrected chi connectivity index (χ4v) is 4.58. The minimum Gasteiger partial charge on any atom is -0.493 e. The summed E-state index contributed by atoms with van der Waals surface area (Å²) in [5, 5.41) is 12.2. The largest absolute Gasteiger partial charge is 0.493 e. The molecule has 1 atom stereocenters. The third-order valence-electron chi connectivity index (χ3n) is 6.55. The second-order valence-electron chi connectivity index (χ2n) is 9.58.